The van der Waals surface area contributed by atoms with E-state index in [-0.39, 0.29) is 30.6 Å². The first-order chi connectivity index (χ1) is 13.3. The van der Waals surface area contributed by atoms with Gasteiger partial charge in [-0.05, 0) is 50.2 Å². The Balaban J connectivity index is 2.25. The maximum atomic E-state index is 12.0. The topological polar surface area (TPSA) is 82.1 Å². The van der Waals surface area contributed by atoms with Crippen molar-refractivity contribution in [2.75, 3.05) is 6.61 Å². The van der Waals surface area contributed by atoms with E-state index in [2.05, 4.69) is 24.1 Å². The quantitative estimate of drug-likeness (QED) is 0.255. The second-order valence-corrected chi connectivity index (χ2v) is 7.54. The zero-order valence-electron chi connectivity index (χ0n) is 16.7. The van der Waals surface area contributed by atoms with Crippen molar-refractivity contribution in [3.8, 4) is 0 Å². The largest absolute Gasteiger partial charge is 0.461 e. The van der Waals surface area contributed by atoms with Gasteiger partial charge in [-0.1, -0.05) is 30.9 Å². The molecule has 1 aliphatic heterocycles. The molecule has 6 heteroatoms. The summed E-state index contributed by atoms with van der Waals surface area (Å²) in [6, 6.07) is 0. The van der Waals surface area contributed by atoms with Crippen LogP contribution in [0.2, 0.25) is 0 Å². The smallest absolute Gasteiger partial charge is 0.334 e. The molecule has 0 spiro atoms. The number of hydrogen-bond donors (Lipinski definition) is 1. The Morgan fingerprint density at radius 1 is 1.32 bits per heavy atom. The van der Waals surface area contributed by atoms with Crippen molar-refractivity contribution in [3.05, 3.63) is 47.6 Å². The number of hydrogen-bond acceptors (Lipinski definition) is 6. The number of carbonyl (C=O) groups excluding carboxylic acids is 2. The molecule has 2 rings (SSSR count). The lowest BCUT2D eigenvalue weighted by Crippen LogP contribution is -2.18. The first kappa shape index (κ1) is 22.1. The highest BCUT2D eigenvalue weighted by Crippen LogP contribution is 2.34. The fourth-order valence-corrected chi connectivity index (χ4v) is 3.58. The van der Waals surface area contributed by atoms with Gasteiger partial charge in [0.25, 0.3) is 0 Å². The van der Waals surface area contributed by atoms with Crippen LogP contribution in [0.1, 0.15) is 52.4 Å². The van der Waals surface area contributed by atoms with Gasteiger partial charge in [-0.2, -0.15) is 0 Å². The molecule has 154 valence electrons. The number of fused-ring (bicyclic) bond motifs is 1. The van der Waals surface area contributed by atoms with Gasteiger partial charge in [-0.3, -0.25) is 10.1 Å². The molecular weight excluding hydrogens is 360 g/mol. The molecule has 1 N–H and O–H groups in total. The van der Waals surface area contributed by atoms with Crippen LogP contribution in [0.15, 0.2) is 47.6 Å². The predicted molar refractivity (Wildman–Crippen MR) is 105 cm³/mol. The summed E-state index contributed by atoms with van der Waals surface area (Å²) in [7, 11) is 0. The highest BCUT2D eigenvalue weighted by molar-refractivity contribution is 5.90. The van der Waals surface area contributed by atoms with Crippen LogP contribution in [-0.4, -0.2) is 36.0 Å². The van der Waals surface area contributed by atoms with Gasteiger partial charge in [0.2, 0.25) is 0 Å². The van der Waals surface area contributed by atoms with E-state index in [9.17, 15) is 14.8 Å². The van der Waals surface area contributed by atoms with Crippen molar-refractivity contribution in [3.63, 3.8) is 0 Å². The van der Waals surface area contributed by atoms with E-state index >= 15 is 0 Å². The van der Waals surface area contributed by atoms with Crippen LogP contribution in [0.25, 0.3) is 0 Å². The average molecular weight is 390 g/mol. The average Bonchev–Trinajstić information content (AvgIpc) is 2.89. The molecule has 0 amide bonds. The minimum absolute atomic E-state index is 0.106. The molecule has 1 fully saturated rings. The van der Waals surface area contributed by atoms with Crippen LogP contribution in [0.5, 0.6) is 0 Å². The Morgan fingerprint density at radius 2 is 2.07 bits per heavy atom. The van der Waals surface area contributed by atoms with Gasteiger partial charge in [-0.25, -0.2) is 9.68 Å². The lowest BCUT2D eigenvalue weighted by Gasteiger charge is -2.20. The Labute approximate surface area is 166 Å². The molecule has 0 saturated carbocycles. The maximum Gasteiger partial charge on any atom is 0.334 e. The van der Waals surface area contributed by atoms with Gasteiger partial charge < -0.3 is 9.47 Å². The zero-order chi connectivity index (χ0) is 20.7. The van der Waals surface area contributed by atoms with Gasteiger partial charge >= 0.3 is 11.9 Å². The summed E-state index contributed by atoms with van der Waals surface area (Å²) in [5.74, 6) is -0.808. The third kappa shape index (κ3) is 6.17. The van der Waals surface area contributed by atoms with Crippen LogP contribution in [0.4, 0.5) is 0 Å². The predicted octanol–water partition coefficient (Wildman–Crippen LogP) is 4.29. The summed E-state index contributed by atoms with van der Waals surface area (Å²) in [4.78, 5) is 27.9. The molecule has 0 aromatic carbocycles. The number of allylic oxidation sites excluding steroid dienone is 2. The monoisotopic (exact) mass is 390 g/mol. The fraction of sp³-hybridized carbons (Fsp3) is 0.545. The third-order valence-corrected chi connectivity index (χ3v) is 5.33. The highest BCUT2D eigenvalue weighted by atomic mass is 17.1. The normalized spacial score (nSPS) is 31.0. The van der Waals surface area contributed by atoms with Crippen molar-refractivity contribution < 1.29 is 29.2 Å². The first-order valence-electron chi connectivity index (χ1n) is 9.66. The van der Waals surface area contributed by atoms with Crippen LogP contribution in [-0.2, 0) is 24.0 Å². The molecule has 28 heavy (non-hydrogen) atoms. The molecule has 1 heterocycles. The molecule has 2 aliphatic rings. The molecular formula is C22H30O6. The molecule has 1 saturated heterocycles. The number of carbonyl (C=O) groups is 2. The molecule has 0 aromatic rings. The van der Waals surface area contributed by atoms with Crippen molar-refractivity contribution in [1.82, 2.24) is 0 Å². The Kier molecular flexibility index (Phi) is 8.20. The Morgan fingerprint density at radius 3 is 2.75 bits per heavy atom. The second kappa shape index (κ2) is 10.4. The third-order valence-electron chi connectivity index (χ3n) is 5.33. The zero-order valence-corrected chi connectivity index (χ0v) is 16.7. The molecule has 0 unspecified atom stereocenters. The number of ether oxygens (including phenoxy) is 2. The lowest BCUT2D eigenvalue weighted by molar-refractivity contribution is -0.270. The molecule has 3 atom stereocenters. The van der Waals surface area contributed by atoms with Crippen molar-refractivity contribution >= 4 is 11.9 Å². The SMILES string of the molecule is C=C1CC/C=C(\C)C[C@@H]2OC(=O)C(=C)[C@H]2C/C=C(\COC(C)=O)CC[C@@H]1OO. The highest BCUT2D eigenvalue weighted by Gasteiger charge is 2.37. The minimum atomic E-state index is -0.475. The molecule has 0 radical (unpaired) electrons. The van der Waals surface area contributed by atoms with E-state index < -0.39 is 6.10 Å². The maximum absolute atomic E-state index is 12.0. The van der Waals surface area contributed by atoms with Gasteiger partial charge in [-0.15, -0.1) is 0 Å². The van der Waals surface area contributed by atoms with Crippen LogP contribution in [0.3, 0.4) is 0 Å². The molecule has 0 bridgehead atoms. The van der Waals surface area contributed by atoms with E-state index in [1.54, 1.807) is 0 Å². The summed E-state index contributed by atoms with van der Waals surface area (Å²) >= 11 is 0. The number of esters is 2. The van der Waals surface area contributed by atoms with Crippen LogP contribution in [0, 0.1) is 5.92 Å². The summed E-state index contributed by atoms with van der Waals surface area (Å²) in [6.45, 7) is 11.5. The summed E-state index contributed by atoms with van der Waals surface area (Å²) < 4.78 is 10.7. The minimum Gasteiger partial charge on any atom is -0.461 e. The van der Waals surface area contributed by atoms with Crippen LogP contribution >= 0.6 is 0 Å². The Hall–Kier alpha value is -2.18. The van der Waals surface area contributed by atoms with Crippen molar-refractivity contribution in [2.24, 2.45) is 5.92 Å². The van der Waals surface area contributed by atoms with E-state index in [4.69, 9.17) is 9.47 Å². The lowest BCUT2D eigenvalue weighted by atomic mass is 9.88. The summed E-state index contributed by atoms with van der Waals surface area (Å²) in [6.07, 6.45) is 7.16. The van der Waals surface area contributed by atoms with Gasteiger partial charge in [0.1, 0.15) is 18.8 Å². The van der Waals surface area contributed by atoms with Gasteiger partial charge in [0.15, 0.2) is 0 Å². The first-order valence-corrected chi connectivity index (χ1v) is 9.66. The fourth-order valence-electron chi connectivity index (χ4n) is 3.58. The van der Waals surface area contributed by atoms with E-state index in [1.165, 1.54) is 6.92 Å². The van der Waals surface area contributed by atoms with Crippen molar-refractivity contribution in [1.29, 1.82) is 0 Å². The van der Waals surface area contributed by atoms with Gasteiger partial charge in [0.05, 0.1) is 0 Å². The molecule has 0 aromatic heterocycles. The van der Waals surface area contributed by atoms with Gasteiger partial charge in [0, 0.05) is 24.8 Å². The van der Waals surface area contributed by atoms with Crippen LogP contribution < -0.4 is 0 Å². The Bertz CT molecular complexity index is 687. The molecule has 1 aliphatic carbocycles. The second-order valence-electron chi connectivity index (χ2n) is 7.54. The summed E-state index contributed by atoms with van der Waals surface area (Å²) in [5, 5.41) is 9.26. The van der Waals surface area contributed by atoms with E-state index in [0.29, 0.717) is 37.7 Å². The van der Waals surface area contributed by atoms with Crippen molar-refractivity contribution in [2.45, 2.75) is 64.6 Å². The summed E-state index contributed by atoms with van der Waals surface area (Å²) in [5.41, 5.74) is 3.33. The standard InChI is InChI=1S/C22H30O6/c1-14-6-5-7-15(2)20(28-25)11-9-18(13-26-17(4)23)8-10-19-16(3)22(24)27-21(19)12-14/h6,8,19-21,25H,2-3,5,7,9-13H2,1,4H3/b14-6+,18-8-/t19-,20+,21+/m1/s1. The molecule has 6 nitrogen and oxygen atoms in total. The van der Waals surface area contributed by atoms with E-state index in [0.717, 1.165) is 23.1 Å². The van der Waals surface area contributed by atoms with E-state index in [1.807, 2.05) is 13.0 Å². The number of rotatable bonds is 3.